The number of hydrogen-bond donors (Lipinski definition) is 0. The number of hydrogen-bond acceptors (Lipinski definition) is 0. The first-order valence-electron chi connectivity index (χ1n) is 10.6. The summed E-state index contributed by atoms with van der Waals surface area (Å²) in [6.07, 6.45) is 0. The van der Waals surface area contributed by atoms with E-state index in [1.807, 2.05) is 0 Å². The molecule has 24 heavy (non-hydrogen) atoms. The molecule has 0 bridgehead atoms. The molecule has 1 aliphatic carbocycles. The fraction of sp³-hybridized carbons (Fsp3) is 1.00. The second-order valence-electron chi connectivity index (χ2n) is 11.8. The predicted molar refractivity (Wildman–Crippen MR) is 110 cm³/mol. The maximum Gasteiger partial charge on any atom is -0.0326 e. The molecular weight excluding hydrogens is 288 g/mol. The van der Waals surface area contributed by atoms with E-state index in [9.17, 15) is 0 Å². The minimum atomic E-state index is 0.399. The second-order valence-corrected chi connectivity index (χ2v) is 11.8. The van der Waals surface area contributed by atoms with E-state index in [1.165, 1.54) is 0 Å². The zero-order chi connectivity index (χ0) is 19.2. The van der Waals surface area contributed by atoms with Crippen molar-refractivity contribution < 1.29 is 0 Å². The van der Waals surface area contributed by atoms with Gasteiger partial charge in [-0.25, -0.2) is 0 Å². The summed E-state index contributed by atoms with van der Waals surface area (Å²) in [5.41, 5.74) is 0.799. The summed E-state index contributed by atoms with van der Waals surface area (Å²) in [4.78, 5) is 0. The van der Waals surface area contributed by atoms with Crippen LogP contribution in [0.2, 0.25) is 0 Å². The molecule has 0 aromatic rings. The molecule has 1 saturated carbocycles. The van der Waals surface area contributed by atoms with Crippen LogP contribution in [0.1, 0.15) is 90.0 Å². The van der Waals surface area contributed by atoms with E-state index in [2.05, 4.69) is 90.0 Å². The Bertz CT molecular complexity index is 393. The van der Waals surface area contributed by atoms with Crippen LogP contribution in [0, 0.1) is 64.1 Å². The molecule has 0 heteroatoms. The number of rotatable bonds is 3. The van der Waals surface area contributed by atoms with E-state index >= 15 is 0 Å². The molecule has 0 radical (unpaired) electrons. The van der Waals surface area contributed by atoms with Crippen LogP contribution in [-0.2, 0) is 0 Å². The lowest BCUT2D eigenvalue weighted by Crippen LogP contribution is -2.50. The molecule has 1 rings (SSSR count). The van der Waals surface area contributed by atoms with Crippen LogP contribution in [0.4, 0.5) is 0 Å². The lowest BCUT2D eigenvalue weighted by Gasteiger charge is -2.56. The van der Waals surface area contributed by atoms with Crippen molar-refractivity contribution in [1.29, 1.82) is 0 Å². The van der Waals surface area contributed by atoms with Gasteiger partial charge >= 0.3 is 0 Å². The van der Waals surface area contributed by atoms with E-state index in [0.29, 0.717) is 10.8 Å². The largest absolute Gasteiger partial charge is 0.0620 e. The Balaban J connectivity index is 3.21. The van der Waals surface area contributed by atoms with Crippen LogP contribution in [0.25, 0.3) is 0 Å². The molecule has 0 heterocycles. The van der Waals surface area contributed by atoms with Gasteiger partial charge in [-0.2, -0.15) is 0 Å². The standard InChI is InChI=1S/C24H48/c1-14-15(2)21(17(4)19(6)23(8,9)10)18(5)22(16(14)3)20(7)24(11,12)13/h14-22H,1-13H3. The minimum absolute atomic E-state index is 0.399. The van der Waals surface area contributed by atoms with Gasteiger partial charge in [-0.05, 0) is 64.1 Å². The molecule has 0 aromatic heterocycles. The van der Waals surface area contributed by atoms with Crippen LogP contribution in [-0.4, -0.2) is 0 Å². The van der Waals surface area contributed by atoms with Crippen LogP contribution in [0.5, 0.6) is 0 Å². The third kappa shape index (κ3) is 4.21. The third-order valence-corrected chi connectivity index (χ3v) is 8.79. The average molecular weight is 337 g/mol. The molecule has 0 nitrogen and oxygen atoms in total. The fourth-order valence-electron chi connectivity index (χ4n) is 5.96. The Morgan fingerprint density at radius 3 is 1.33 bits per heavy atom. The van der Waals surface area contributed by atoms with Crippen molar-refractivity contribution in [1.82, 2.24) is 0 Å². The Morgan fingerprint density at radius 2 is 0.958 bits per heavy atom. The third-order valence-electron chi connectivity index (χ3n) is 8.79. The molecule has 1 fully saturated rings. The van der Waals surface area contributed by atoms with Gasteiger partial charge in [-0.3, -0.25) is 0 Å². The van der Waals surface area contributed by atoms with Gasteiger partial charge in [0.05, 0.1) is 0 Å². The molecule has 0 saturated heterocycles. The van der Waals surface area contributed by atoms with Crippen molar-refractivity contribution >= 4 is 0 Å². The topological polar surface area (TPSA) is 0 Å². The Hall–Kier alpha value is 0. The summed E-state index contributed by atoms with van der Waals surface area (Å²) in [5, 5.41) is 0. The van der Waals surface area contributed by atoms with Gasteiger partial charge in [-0.1, -0.05) is 90.0 Å². The molecule has 0 N–H and O–H groups in total. The van der Waals surface area contributed by atoms with Crippen LogP contribution in [0.15, 0.2) is 0 Å². The van der Waals surface area contributed by atoms with Gasteiger partial charge in [-0.15, -0.1) is 0 Å². The summed E-state index contributed by atoms with van der Waals surface area (Å²) < 4.78 is 0. The quantitative estimate of drug-likeness (QED) is 0.493. The first-order chi connectivity index (χ1) is 10.6. The summed E-state index contributed by atoms with van der Waals surface area (Å²) in [5.74, 6) is 7.33. The predicted octanol–water partition coefficient (Wildman–Crippen LogP) is 7.78. The molecule has 9 atom stereocenters. The lowest BCUT2D eigenvalue weighted by molar-refractivity contribution is -0.0754. The van der Waals surface area contributed by atoms with E-state index in [-0.39, 0.29) is 0 Å². The zero-order valence-electron chi connectivity index (χ0n) is 19.2. The zero-order valence-corrected chi connectivity index (χ0v) is 19.2. The van der Waals surface area contributed by atoms with Crippen molar-refractivity contribution in [3.63, 3.8) is 0 Å². The van der Waals surface area contributed by atoms with E-state index < -0.39 is 0 Å². The van der Waals surface area contributed by atoms with Gasteiger partial charge in [0.25, 0.3) is 0 Å². The molecule has 9 unspecified atom stereocenters. The van der Waals surface area contributed by atoms with Crippen molar-refractivity contribution in [3.8, 4) is 0 Å². The van der Waals surface area contributed by atoms with E-state index in [1.54, 1.807) is 0 Å². The molecule has 0 amide bonds. The molecule has 0 aromatic carbocycles. The van der Waals surface area contributed by atoms with Crippen LogP contribution < -0.4 is 0 Å². The molecule has 144 valence electrons. The first kappa shape index (κ1) is 22.0. The van der Waals surface area contributed by atoms with Crippen molar-refractivity contribution in [2.75, 3.05) is 0 Å². The second kappa shape index (κ2) is 7.32. The summed E-state index contributed by atoms with van der Waals surface area (Å²) in [7, 11) is 0. The SMILES string of the molecule is CC1C(C)C(C(C)C(C)C(C)(C)C)C(C)C(C(C)C(C)(C)C)C1C. The Kier molecular flexibility index (Phi) is 6.72. The van der Waals surface area contributed by atoms with Gasteiger partial charge < -0.3 is 0 Å². The smallest absolute Gasteiger partial charge is 0.0326 e. The van der Waals surface area contributed by atoms with Gasteiger partial charge in [0, 0.05) is 0 Å². The highest BCUT2D eigenvalue weighted by Crippen LogP contribution is 2.55. The van der Waals surface area contributed by atoms with Crippen LogP contribution >= 0.6 is 0 Å². The monoisotopic (exact) mass is 336 g/mol. The maximum absolute atomic E-state index is 2.59. The molecular formula is C24H48. The van der Waals surface area contributed by atoms with Crippen molar-refractivity contribution in [2.24, 2.45) is 64.1 Å². The minimum Gasteiger partial charge on any atom is -0.0620 e. The molecule has 1 aliphatic rings. The Morgan fingerprint density at radius 1 is 0.542 bits per heavy atom. The lowest BCUT2D eigenvalue weighted by atomic mass is 9.49. The van der Waals surface area contributed by atoms with Crippen LogP contribution in [0.3, 0.4) is 0 Å². The van der Waals surface area contributed by atoms with Crippen molar-refractivity contribution in [2.45, 2.75) is 90.0 Å². The summed E-state index contributed by atoms with van der Waals surface area (Å²) in [6, 6.07) is 0. The van der Waals surface area contributed by atoms with Gasteiger partial charge in [0.2, 0.25) is 0 Å². The average Bonchev–Trinajstić information content (AvgIpc) is 2.42. The van der Waals surface area contributed by atoms with Gasteiger partial charge in [0.15, 0.2) is 0 Å². The highest BCUT2D eigenvalue weighted by Gasteiger charge is 2.49. The van der Waals surface area contributed by atoms with E-state index in [0.717, 1.165) is 53.3 Å². The van der Waals surface area contributed by atoms with Gasteiger partial charge in [0.1, 0.15) is 0 Å². The fourth-order valence-corrected chi connectivity index (χ4v) is 5.96. The maximum atomic E-state index is 2.59. The summed E-state index contributed by atoms with van der Waals surface area (Å²) in [6.45, 7) is 32.4. The first-order valence-corrected chi connectivity index (χ1v) is 10.6. The highest BCUT2D eigenvalue weighted by molar-refractivity contribution is 4.97. The highest BCUT2D eigenvalue weighted by atomic mass is 14.5. The molecule has 0 spiro atoms. The van der Waals surface area contributed by atoms with E-state index in [4.69, 9.17) is 0 Å². The Labute approximate surface area is 154 Å². The van der Waals surface area contributed by atoms with Crippen molar-refractivity contribution in [3.05, 3.63) is 0 Å². The normalized spacial score (nSPS) is 39.4. The summed E-state index contributed by atoms with van der Waals surface area (Å²) >= 11 is 0. The molecule has 0 aliphatic heterocycles.